The molecule has 0 aromatic rings. The number of hydrogen-bond donors (Lipinski definition) is 10. The Hall–Kier alpha value is -3.97. The van der Waals surface area contributed by atoms with Crippen molar-refractivity contribution in [1.82, 2.24) is 26.6 Å². The number of urea groups is 1. The molecular formula is C25H41N9O9S. The lowest BCUT2D eigenvalue weighted by molar-refractivity contribution is -0.142. The van der Waals surface area contributed by atoms with Gasteiger partial charge < -0.3 is 54.0 Å². The summed E-state index contributed by atoms with van der Waals surface area (Å²) in [5, 5.41) is 31.3. The average Bonchev–Trinajstić information content (AvgIpc) is 3.52. The Morgan fingerprint density at radius 2 is 1.75 bits per heavy atom. The monoisotopic (exact) mass is 643 g/mol. The van der Waals surface area contributed by atoms with E-state index in [2.05, 4.69) is 31.6 Å². The first-order valence-electron chi connectivity index (χ1n) is 14.1. The quantitative estimate of drug-likeness (QED) is 0.0198. The van der Waals surface area contributed by atoms with Crippen molar-refractivity contribution in [1.29, 1.82) is 0 Å². The SMILES string of the molecule is NC(N)=NCCC[C@H](N)C(=O)NCC(=O)N[C@@H](CC(=O)O)C(=O)N[C@@H](CO)C(=O)C(=O)CCCC[C@@H]1SC[C@@H]2NC(=O)N[C@@H]21. The Morgan fingerprint density at radius 3 is 2.41 bits per heavy atom. The number of hydrogen-bond acceptors (Lipinski definition) is 11. The number of guanidine groups is 1. The highest BCUT2D eigenvalue weighted by atomic mass is 32.2. The van der Waals surface area contributed by atoms with Gasteiger partial charge in [-0.3, -0.25) is 33.8 Å². The number of aliphatic carboxylic acids is 1. The van der Waals surface area contributed by atoms with Crippen molar-refractivity contribution >= 4 is 59.0 Å². The fraction of sp³-hybridized carbons (Fsp3) is 0.680. The number of aliphatic hydroxyl groups excluding tert-OH is 1. The second-order valence-electron chi connectivity index (χ2n) is 10.4. The Kier molecular flexibility index (Phi) is 14.8. The van der Waals surface area contributed by atoms with Gasteiger partial charge in [-0.2, -0.15) is 11.8 Å². The van der Waals surface area contributed by atoms with Gasteiger partial charge in [0.05, 0.1) is 37.7 Å². The van der Waals surface area contributed by atoms with Gasteiger partial charge in [0.1, 0.15) is 12.1 Å². The summed E-state index contributed by atoms with van der Waals surface area (Å²) in [7, 11) is 0. The molecule has 2 heterocycles. The summed E-state index contributed by atoms with van der Waals surface area (Å²) >= 11 is 1.72. The number of carboxylic acids is 1. The van der Waals surface area contributed by atoms with Gasteiger partial charge in [0.2, 0.25) is 29.3 Å². The summed E-state index contributed by atoms with van der Waals surface area (Å²) < 4.78 is 0. The summed E-state index contributed by atoms with van der Waals surface area (Å²) in [6.07, 6.45) is 1.29. The van der Waals surface area contributed by atoms with Gasteiger partial charge in [0.25, 0.3) is 0 Å². The van der Waals surface area contributed by atoms with Crippen LogP contribution in [-0.4, -0.2) is 118 Å². The van der Waals surface area contributed by atoms with E-state index in [4.69, 9.17) is 17.2 Å². The van der Waals surface area contributed by atoms with Gasteiger partial charge in [-0.25, -0.2) is 4.79 Å². The lowest BCUT2D eigenvalue weighted by Gasteiger charge is -2.21. The normalized spacial score (nSPS) is 20.6. The first kappa shape index (κ1) is 36.2. The molecule has 2 fully saturated rings. The molecular weight excluding hydrogens is 602 g/mol. The van der Waals surface area contributed by atoms with Crippen LogP contribution in [0.3, 0.4) is 0 Å². The van der Waals surface area contributed by atoms with Crippen molar-refractivity contribution in [3.05, 3.63) is 0 Å². The lowest BCUT2D eigenvalue weighted by Crippen LogP contribution is -2.55. The summed E-state index contributed by atoms with van der Waals surface area (Å²) in [6, 6.07) is -4.43. The van der Waals surface area contributed by atoms with Crippen molar-refractivity contribution in [2.75, 3.05) is 25.4 Å². The Labute approximate surface area is 257 Å². The molecule has 0 spiro atoms. The van der Waals surface area contributed by atoms with Gasteiger partial charge in [-0.05, 0) is 25.7 Å². The molecule has 18 nitrogen and oxygen atoms in total. The highest BCUT2D eigenvalue weighted by Gasteiger charge is 2.42. The van der Waals surface area contributed by atoms with E-state index >= 15 is 0 Å². The zero-order chi connectivity index (χ0) is 32.8. The van der Waals surface area contributed by atoms with Crippen LogP contribution in [0.1, 0.15) is 44.9 Å². The molecule has 6 atom stereocenters. The number of Topliss-reactive ketones (excluding diaryl/α,β-unsaturated/α-hetero) is 2. The third-order valence-electron chi connectivity index (χ3n) is 6.93. The topological polar surface area (TPSA) is 311 Å². The first-order chi connectivity index (χ1) is 20.8. The van der Waals surface area contributed by atoms with Gasteiger partial charge in [0, 0.05) is 24.0 Å². The minimum absolute atomic E-state index is 0.0137. The third-order valence-corrected chi connectivity index (χ3v) is 8.44. The molecule has 2 aliphatic heterocycles. The van der Waals surface area contributed by atoms with Gasteiger partial charge in [-0.15, -0.1) is 0 Å². The van der Waals surface area contributed by atoms with E-state index in [-0.39, 0.29) is 48.7 Å². The second kappa shape index (κ2) is 18.0. The van der Waals surface area contributed by atoms with E-state index in [0.717, 1.165) is 12.2 Å². The summed E-state index contributed by atoms with van der Waals surface area (Å²) in [5.41, 5.74) is 16.2. The molecule has 2 rings (SSSR count). The fourth-order valence-electron chi connectivity index (χ4n) is 4.64. The smallest absolute Gasteiger partial charge is 0.315 e. The fourth-order valence-corrected chi connectivity index (χ4v) is 6.18. The van der Waals surface area contributed by atoms with Crippen LogP contribution in [0.4, 0.5) is 4.79 Å². The van der Waals surface area contributed by atoms with Crippen LogP contribution in [0.5, 0.6) is 0 Å². The Bertz CT molecular complexity index is 1120. The second-order valence-corrected chi connectivity index (χ2v) is 11.7. The van der Waals surface area contributed by atoms with Crippen molar-refractivity contribution in [2.24, 2.45) is 22.2 Å². The molecule has 44 heavy (non-hydrogen) atoms. The predicted molar refractivity (Wildman–Crippen MR) is 158 cm³/mol. The van der Waals surface area contributed by atoms with Crippen LogP contribution in [-0.2, 0) is 28.8 Å². The molecule has 2 saturated heterocycles. The van der Waals surface area contributed by atoms with E-state index < -0.39 is 73.0 Å². The zero-order valence-electron chi connectivity index (χ0n) is 24.1. The summed E-state index contributed by atoms with van der Waals surface area (Å²) in [5.74, 6) is -5.39. The van der Waals surface area contributed by atoms with Crippen molar-refractivity contribution in [3.63, 3.8) is 0 Å². The number of aliphatic hydroxyl groups is 1. The standard InChI is InChI=1S/C25H41N9O9S/c26-12(4-3-7-29-24(27)28)22(41)30-9-18(37)31-13(8-19(38)39)23(42)32-14(10-35)21(40)16(36)5-1-2-6-17-20-15(11-44-17)33-25(43)34-20/h12-15,17,20,35H,1-11,26H2,(H,30,41)(H,31,37)(H,32,42)(H,38,39)(H4,27,28,29)(H2,33,34,43)/t12-,13-,14-,15-,17-,20-/m0/s1. The molecule has 246 valence electrons. The predicted octanol–water partition coefficient (Wildman–Crippen LogP) is -4.22. The maximum absolute atomic E-state index is 12.7. The molecule has 0 unspecified atom stereocenters. The van der Waals surface area contributed by atoms with Gasteiger partial charge in [-0.1, -0.05) is 6.42 Å². The molecule has 13 N–H and O–H groups in total. The van der Waals surface area contributed by atoms with Crippen LogP contribution in [0, 0.1) is 0 Å². The number of carbonyl (C=O) groups excluding carboxylic acids is 6. The largest absolute Gasteiger partial charge is 0.481 e. The van der Waals surface area contributed by atoms with Gasteiger partial charge in [0.15, 0.2) is 5.96 Å². The number of rotatable bonds is 20. The first-order valence-corrected chi connectivity index (χ1v) is 15.1. The number of nitrogens with two attached hydrogens (primary N) is 3. The molecule has 0 bridgehead atoms. The van der Waals surface area contributed by atoms with E-state index in [1.165, 1.54) is 0 Å². The number of carboxylic acid groups (broad SMARTS) is 1. The highest BCUT2D eigenvalue weighted by molar-refractivity contribution is 8.00. The van der Waals surface area contributed by atoms with Gasteiger partial charge >= 0.3 is 12.0 Å². The number of fused-ring (bicyclic) bond motifs is 1. The number of nitrogens with zero attached hydrogens (tertiary/aromatic N) is 1. The minimum atomic E-state index is -1.68. The van der Waals surface area contributed by atoms with E-state index in [1.807, 2.05) is 0 Å². The molecule has 0 aromatic carbocycles. The average molecular weight is 644 g/mol. The number of thioether (sulfide) groups is 1. The molecule has 0 aromatic heterocycles. The van der Waals surface area contributed by atoms with Crippen LogP contribution < -0.4 is 43.8 Å². The van der Waals surface area contributed by atoms with Crippen LogP contribution >= 0.6 is 11.8 Å². The third kappa shape index (κ3) is 12.0. The van der Waals surface area contributed by atoms with E-state index in [9.17, 15) is 43.8 Å². The molecule has 5 amide bonds. The Morgan fingerprint density at radius 1 is 1.02 bits per heavy atom. The molecule has 0 radical (unpaired) electrons. The molecule has 2 aliphatic rings. The highest BCUT2D eigenvalue weighted by Crippen LogP contribution is 2.33. The molecule has 0 saturated carbocycles. The summed E-state index contributed by atoms with van der Waals surface area (Å²) in [6.45, 7) is -1.32. The number of amides is 5. The number of carbonyl (C=O) groups is 7. The minimum Gasteiger partial charge on any atom is -0.481 e. The van der Waals surface area contributed by atoms with E-state index in [1.54, 1.807) is 11.8 Å². The maximum Gasteiger partial charge on any atom is 0.315 e. The van der Waals surface area contributed by atoms with Crippen molar-refractivity contribution in [2.45, 2.75) is 80.4 Å². The molecule has 0 aliphatic carbocycles. The van der Waals surface area contributed by atoms with Crippen molar-refractivity contribution in [3.8, 4) is 0 Å². The maximum atomic E-state index is 12.7. The number of ketones is 2. The van der Waals surface area contributed by atoms with Crippen LogP contribution in [0.15, 0.2) is 4.99 Å². The van der Waals surface area contributed by atoms with Crippen LogP contribution in [0.2, 0.25) is 0 Å². The summed E-state index contributed by atoms with van der Waals surface area (Å²) in [4.78, 5) is 88.8. The van der Waals surface area contributed by atoms with Crippen LogP contribution in [0.25, 0.3) is 0 Å². The Balaban J connectivity index is 1.79. The number of nitrogens with one attached hydrogen (secondary N) is 5. The molecule has 19 heteroatoms. The van der Waals surface area contributed by atoms with Crippen molar-refractivity contribution < 1.29 is 43.8 Å². The lowest BCUT2D eigenvalue weighted by atomic mass is 10.00. The number of unbranched alkanes of at least 4 members (excludes halogenated alkanes) is 1. The van der Waals surface area contributed by atoms with E-state index in [0.29, 0.717) is 19.3 Å². The number of aliphatic imine (C=N–C) groups is 1. The zero-order valence-corrected chi connectivity index (χ0v) is 24.9.